The molecule has 19 heavy (non-hydrogen) atoms. The molecule has 0 aromatic heterocycles. The van der Waals surface area contributed by atoms with Crippen molar-refractivity contribution in [2.45, 2.75) is 25.7 Å². The minimum Gasteiger partial charge on any atom is -0.494 e. The van der Waals surface area contributed by atoms with Gasteiger partial charge in [-0.2, -0.15) is 0 Å². The van der Waals surface area contributed by atoms with Gasteiger partial charge in [0.15, 0.2) is 17.4 Å². The van der Waals surface area contributed by atoms with E-state index in [2.05, 4.69) is 6.58 Å². The summed E-state index contributed by atoms with van der Waals surface area (Å²) in [6.07, 6.45) is -0.458. The molecular weight excluding hydrogens is 251 g/mol. The lowest BCUT2D eigenvalue weighted by Gasteiger charge is -2.34. The highest BCUT2D eigenvalue weighted by atomic mass is 19.1. The second kappa shape index (κ2) is 5.28. The summed E-state index contributed by atoms with van der Waals surface area (Å²) in [5.74, 6) is -1.03. The highest BCUT2D eigenvalue weighted by Gasteiger charge is 2.32. The SMILES string of the molecule is C=C(c1ccc(OC)c(F)c1)C1COC(C)(C)OO1. The maximum absolute atomic E-state index is 13.6. The highest BCUT2D eigenvalue weighted by molar-refractivity contribution is 5.67. The average molecular weight is 268 g/mol. The minimum atomic E-state index is -0.776. The van der Waals surface area contributed by atoms with Crippen molar-refractivity contribution in [3.63, 3.8) is 0 Å². The molecule has 2 rings (SSSR count). The van der Waals surface area contributed by atoms with Gasteiger partial charge in [-0.05, 0) is 37.1 Å². The number of ether oxygens (including phenoxy) is 2. The lowest BCUT2D eigenvalue weighted by molar-refractivity contribution is -0.467. The van der Waals surface area contributed by atoms with Crippen LogP contribution in [0.25, 0.3) is 5.57 Å². The highest BCUT2D eigenvalue weighted by Crippen LogP contribution is 2.29. The van der Waals surface area contributed by atoms with Crippen LogP contribution in [0.2, 0.25) is 0 Å². The van der Waals surface area contributed by atoms with Gasteiger partial charge in [0.25, 0.3) is 0 Å². The third-order valence-electron chi connectivity index (χ3n) is 2.86. The van der Waals surface area contributed by atoms with Gasteiger partial charge < -0.3 is 9.47 Å². The number of hydrogen-bond donors (Lipinski definition) is 0. The van der Waals surface area contributed by atoms with Crippen LogP contribution in [0.3, 0.4) is 0 Å². The van der Waals surface area contributed by atoms with Crippen molar-refractivity contribution < 1.29 is 23.6 Å². The summed E-state index contributed by atoms with van der Waals surface area (Å²) < 4.78 is 24.0. The molecule has 1 saturated heterocycles. The van der Waals surface area contributed by atoms with Crippen molar-refractivity contribution in [2.75, 3.05) is 13.7 Å². The summed E-state index contributed by atoms with van der Waals surface area (Å²) in [5.41, 5.74) is 1.22. The van der Waals surface area contributed by atoms with Gasteiger partial charge in [0.1, 0.15) is 6.10 Å². The number of benzene rings is 1. The Morgan fingerprint density at radius 3 is 2.74 bits per heavy atom. The molecule has 1 aromatic rings. The van der Waals surface area contributed by atoms with Crippen LogP contribution in [0.15, 0.2) is 24.8 Å². The van der Waals surface area contributed by atoms with E-state index < -0.39 is 17.7 Å². The second-order valence-electron chi connectivity index (χ2n) is 4.75. The van der Waals surface area contributed by atoms with Gasteiger partial charge in [-0.25, -0.2) is 14.2 Å². The molecule has 0 amide bonds. The van der Waals surface area contributed by atoms with Gasteiger partial charge >= 0.3 is 0 Å². The Balaban J connectivity index is 2.10. The summed E-state index contributed by atoms with van der Waals surface area (Å²) in [5, 5.41) is 0. The van der Waals surface area contributed by atoms with E-state index in [1.807, 2.05) is 0 Å². The molecule has 5 heteroatoms. The Morgan fingerprint density at radius 1 is 1.47 bits per heavy atom. The first-order valence-electron chi connectivity index (χ1n) is 5.94. The van der Waals surface area contributed by atoms with E-state index in [0.717, 1.165) is 0 Å². The van der Waals surface area contributed by atoms with Crippen LogP contribution in [0.1, 0.15) is 19.4 Å². The van der Waals surface area contributed by atoms with Crippen LogP contribution >= 0.6 is 0 Å². The van der Waals surface area contributed by atoms with E-state index in [-0.39, 0.29) is 5.75 Å². The van der Waals surface area contributed by atoms with Gasteiger partial charge in [-0.3, -0.25) is 0 Å². The molecule has 104 valence electrons. The smallest absolute Gasteiger partial charge is 0.196 e. The molecule has 1 atom stereocenters. The summed E-state index contributed by atoms with van der Waals surface area (Å²) >= 11 is 0. The fourth-order valence-electron chi connectivity index (χ4n) is 1.71. The van der Waals surface area contributed by atoms with Crippen molar-refractivity contribution in [3.05, 3.63) is 36.2 Å². The first-order chi connectivity index (χ1) is 8.93. The molecule has 0 aliphatic carbocycles. The van der Waals surface area contributed by atoms with Crippen LogP contribution in [-0.4, -0.2) is 25.6 Å². The maximum Gasteiger partial charge on any atom is 0.196 e. The van der Waals surface area contributed by atoms with E-state index in [0.29, 0.717) is 17.7 Å². The normalized spacial score (nSPS) is 22.0. The lowest BCUT2D eigenvalue weighted by Crippen LogP contribution is -2.40. The Kier molecular flexibility index (Phi) is 3.89. The van der Waals surface area contributed by atoms with Crippen LogP contribution in [0.5, 0.6) is 5.75 Å². The van der Waals surface area contributed by atoms with Crippen LogP contribution in [0, 0.1) is 5.82 Å². The number of halogens is 1. The monoisotopic (exact) mass is 268 g/mol. The molecule has 0 radical (unpaired) electrons. The third kappa shape index (κ3) is 3.12. The first-order valence-corrected chi connectivity index (χ1v) is 5.94. The number of hydrogen-bond acceptors (Lipinski definition) is 4. The summed E-state index contributed by atoms with van der Waals surface area (Å²) in [6, 6.07) is 4.61. The van der Waals surface area contributed by atoms with Crippen molar-refractivity contribution in [1.82, 2.24) is 0 Å². The zero-order valence-corrected chi connectivity index (χ0v) is 11.2. The second-order valence-corrected chi connectivity index (χ2v) is 4.75. The van der Waals surface area contributed by atoms with E-state index in [1.165, 1.54) is 13.2 Å². The molecule has 1 heterocycles. The van der Waals surface area contributed by atoms with Gasteiger partial charge in [-0.15, -0.1) is 0 Å². The average Bonchev–Trinajstić information content (AvgIpc) is 2.38. The maximum atomic E-state index is 13.6. The Labute approximate surface area is 111 Å². The Hall–Kier alpha value is -1.43. The quantitative estimate of drug-likeness (QED) is 0.790. The van der Waals surface area contributed by atoms with Gasteiger partial charge in [-0.1, -0.05) is 12.6 Å². The van der Waals surface area contributed by atoms with E-state index >= 15 is 0 Å². The molecule has 4 nitrogen and oxygen atoms in total. The van der Waals surface area contributed by atoms with E-state index in [4.69, 9.17) is 19.2 Å². The summed E-state index contributed by atoms with van der Waals surface area (Å²) in [4.78, 5) is 10.3. The fourth-order valence-corrected chi connectivity index (χ4v) is 1.71. The molecule has 1 aliphatic heterocycles. The van der Waals surface area contributed by atoms with E-state index in [9.17, 15) is 4.39 Å². The third-order valence-corrected chi connectivity index (χ3v) is 2.86. The molecule has 1 unspecified atom stereocenters. The molecule has 0 saturated carbocycles. The van der Waals surface area contributed by atoms with Crippen molar-refractivity contribution in [2.24, 2.45) is 0 Å². The first kappa shape index (κ1) is 14.0. The predicted octanol–water partition coefficient (Wildman–Crippen LogP) is 2.93. The van der Waals surface area contributed by atoms with Crippen molar-refractivity contribution >= 4 is 5.57 Å². The van der Waals surface area contributed by atoms with Crippen LogP contribution in [0.4, 0.5) is 4.39 Å². The zero-order valence-electron chi connectivity index (χ0n) is 11.2. The number of methoxy groups -OCH3 is 1. The molecule has 0 bridgehead atoms. The Morgan fingerprint density at radius 2 is 2.21 bits per heavy atom. The summed E-state index contributed by atoms with van der Waals surface area (Å²) in [6.45, 7) is 7.70. The predicted molar refractivity (Wildman–Crippen MR) is 68.0 cm³/mol. The fraction of sp³-hybridized carbons (Fsp3) is 0.429. The molecule has 0 spiro atoms. The molecule has 1 aromatic carbocycles. The summed E-state index contributed by atoms with van der Waals surface area (Å²) in [7, 11) is 1.42. The lowest BCUT2D eigenvalue weighted by atomic mass is 10.0. The van der Waals surface area contributed by atoms with Crippen molar-refractivity contribution in [3.8, 4) is 5.75 Å². The minimum absolute atomic E-state index is 0.190. The van der Waals surface area contributed by atoms with Crippen molar-refractivity contribution in [1.29, 1.82) is 0 Å². The van der Waals surface area contributed by atoms with E-state index in [1.54, 1.807) is 26.0 Å². The van der Waals surface area contributed by atoms with Gasteiger partial charge in [0, 0.05) is 0 Å². The topological polar surface area (TPSA) is 36.9 Å². The standard InChI is InChI=1S/C14H17FO4/c1-9(13-8-17-14(2,3)19-18-13)10-5-6-12(16-4)11(15)7-10/h5-7,13H,1,8H2,2-4H3. The zero-order chi connectivity index (χ0) is 14.0. The van der Waals surface area contributed by atoms with Crippen LogP contribution < -0.4 is 4.74 Å². The van der Waals surface area contributed by atoms with Gasteiger partial charge in [0.2, 0.25) is 0 Å². The molecule has 1 aliphatic rings. The number of rotatable bonds is 3. The van der Waals surface area contributed by atoms with Crippen LogP contribution in [-0.2, 0) is 14.5 Å². The largest absolute Gasteiger partial charge is 0.494 e. The molecule has 1 fully saturated rings. The molecular formula is C14H17FO4. The Bertz CT molecular complexity index is 474. The van der Waals surface area contributed by atoms with Gasteiger partial charge in [0.05, 0.1) is 13.7 Å². The molecule has 0 N–H and O–H groups in total.